The summed E-state index contributed by atoms with van der Waals surface area (Å²) in [7, 11) is 1.43. The second-order valence-electron chi connectivity index (χ2n) is 7.19. The summed E-state index contributed by atoms with van der Waals surface area (Å²) in [5.41, 5.74) is 2.05. The molecule has 1 aromatic carbocycles. The number of methoxy groups -OCH3 is 1. The van der Waals surface area contributed by atoms with E-state index in [1.807, 2.05) is 12.1 Å². The van der Waals surface area contributed by atoms with Crippen molar-refractivity contribution in [2.45, 2.75) is 50.5 Å². The van der Waals surface area contributed by atoms with E-state index < -0.39 is 0 Å². The zero-order chi connectivity index (χ0) is 17.6. The molecular weight excluding hydrogens is 352 g/mol. The molecule has 1 aliphatic carbocycles. The highest BCUT2D eigenvalue weighted by Crippen LogP contribution is 2.27. The Bertz CT molecular complexity index is 592. The van der Waals surface area contributed by atoms with Gasteiger partial charge in [-0.1, -0.05) is 12.1 Å². The van der Waals surface area contributed by atoms with Crippen LogP contribution in [0.15, 0.2) is 24.3 Å². The molecular formula is C20H29ClN2O3. The summed E-state index contributed by atoms with van der Waals surface area (Å²) in [6.45, 7) is 2.14. The molecule has 0 bridgehead atoms. The van der Waals surface area contributed by atoms with E-state index in [4.69, 9.17) is 4.74 Å². The summed E-state index contributed by atoms with van der Waals surface area (Å²) in [6, 6.07) is 8.22. The topological polar surface area (TPSA) is 67.4 Å². The van der Waals surface area contributed by atoms with E-state index in [1.54, 1.807) is 0 Å². The Balaban J connectivity index is 0.00000243. The predicted octanol–water partition coefficient (Wildman–Crippen LogP) is 3.04. The van der Waals surface area contributed by atoms with Gasteiger partial charge in [-0.3, -0.25) is 9.59 Å². The van der Waals surface area contributed by atoms with Gasteiger partial charge >= 0.3 is 5.97 Å². The average Bonchev–Trinajstić information content (AvgIpc) is 2.68. The number of carbonyl (C=O) groups is 2. The van der Waals surface area contributed by atoms with Gasteiger partial charge in [0.2, 0.25) is 0 Å². The van der Waals surface area contributed by atoms with Crippen LogP contribution in [0, 0.1) is 5.92 Å². The van der Waals surface area contributed by atoms with Crippen LogP contribution in [0.5, 0.6) is 0 Å². The number of hydrogen-bond donors (Lipinski definition) is 2. The maximum atomic E-state index is 12.5. The van der Waals surface area contributed by atoms with Crippen molar-refractivity contribution >= 4 is 24.3 Å². The molecule has 6 heteroatoms. The standard InChI is InChI=1S/C20H28N2O3.ClH/c1-25-20(24)17-6-8-18(9-7-17)22-19(23)16-4-2-14(3-5-16)15-10-12-21-13-11-15;/h2-5,15,17-18,21H,6-13H2,1H3,(H,22,23);1H/t17-,18-;. The Labute approximate surface area is 161 Å². The van der Waals surface area contributed by atoms with Crippen molar-refractivity contribution < 1.29 is 14.3 Å². The Morgan fingerprint density at radius 1 is 1.00 bits per heavy atom. The maximum Gasteiger partial charge on any atom is 0.308 e. The maximum absolute atomic E-state index is 12.5. The van der Waals surface area contributed by atoms with Crippen LogP contribution in [-0.4, -0.2) is 38.1 Å². The third kappa shape index (κ3) is 5.21. The van der Waals surface area contributed by atoms with Crippen molar-refractivity contribution in [3.05, 3.63) is 35.4 Å². The van der Waals surface area contributed by atoms with E-state index >= 15 is 0 Å². The minimum absolute atomic E-state index is 0. The van der Waals surface area contributed by atoms with Crippen molar-refractivity contribution in [3.8, 4) is 0 Å². The van der Waals surface area contributed by atoms with E-state index in [1.165, 1.54) is 12.7 Å². The highest BCUT2D eigenvalue weighted by molar-refractivity contribution is 5.94. The fourth-order valence-corrected chi connectivity index (χ4v) is 3.97. The van der Waals surface area contributed by atoms with E-state index in [0.29, 0.717) is 11.5 Å². The van der Waals surface area contributed by atoms with E-state index in [-0.39, 0.29) is 36.2 Å². The molecule has 1 heterocycles. The minimum Gasteiger partial charge on any atom is -0.469 e. The summed E-state index contributed by atoms with van der Waals surface area (Å²) in [6.07, 6.45) is 5.56. The second kappa shape index (κ2) is 9.93. The lowest BCUT2D eigenvalue weighted by Gasteiger charge is -2.27. The Hall–Kier alpha value is -1.59. The predicted molar refractivity (Wildman–Crippen MR) is 104 cm³/mol. The number of rotatable bonds is 4. The monoisotopic (exact) mass is 380 g/mol. The van der Waals surface area contributed by atoms with Crippen LogP contribution in [0.25, 0.3) is 0 Å². The number of esters is 1. The summed E-state index contributed by atoms with van der Waals surface area (Å²) in [5.74, 6) is 0.450. The zero-order valence-electron chi connectivity index (χ0n) is 15.3. The molecule has 1 saturated heterocycles. The first-order valence-electron chi connectivity index (χ1n) is 9.36. The molecule has 1 amide bonds. The SMILES string of the molecule is COC(=O)[C@H]1CC[C@H](NC(=O)c2ccc(C3CCNCC3)cc2)CC1.Cl. The zero-order valence-corrected chi connectivity index (χ0v) is 16.1. The van der Waals surface area contributed by atoms with Gasteiger partial charge in [-0.05, 0) is 75.2 Å². The molecule has 26 heavy (non-hydrogen) atoms. The van der Waals surface area contributed by atoms with Crippen LogP contribution < -0.4 is 10.6 Å². The van der Waals surface area contributed by atoms with Gasteiger partial charge in [0.15, 0.2) is 0 Å². The minimum atomic E-state index is -0.127. The van der Waals surface area contributed by atoms with Crippen molar-refractivity contribution in [2.75, 3.05) is 20.2 Å². The number of hydrogen-bond acceptors (Lipinski definition) is 4. The quantitative estimate of drug-likeness (QED) is 0.788. The van der Waals surface area contributed by atoms with Crippen LogP contribution in [-0.2, 0) is 9.53 Å². The van der Waals surface area contributed by atoms with Crippen LogP contribution in [0.3, 0.4) is 0 Å². The fourth-order valence-electron chi connectivity index (χ4n) is 3.97. The summed E-state index contributed by atoms with van der Waals surface area (Å²) in [4.78, 5) is 24.0. The Morgan fingerprint density at radius 2 is 1.62 bits per heavy atom. The molecule has 1 aliphatic heterocycles. The molecule has 1 saturated carbocycles. The molecule has 5 nitrogen and oxygen atoms in total. The number of amides is 1. The third-order valence-corrected chi connectivity index (χ3v) is 5.58. The number of benzene rings is 1. The van der Waals surface area contributed by atoms with Crippen molar-refractivity contribution in [3.63, 3.8) is 0 Å². The lowest BCUT2D eigenvalue weighted by molar-refractivity contribution is -0.146. The fraction of sp³-hybridized carbons (Fsp3) is 0.600. The number of piperidine rings is 1. The van der Waals surface area contributed by atoms with Crippen molar-refractivity contribution in [1.29, 1.82) is 0 Å². The number of ether oxygens (including phenoxy) is 1. The third-order valence-electron chi connectivity index (χ3n) is 5.58. The van der Waals surface area contributed by atoms with Gasteiger partial charge in [0.1, 0.15) is 0 Å². The molecule has 0 radical (unpaired) electrons. The van der Waals surface area contributed by atoms with Gasteiger partial charge < -0.3 is 15.4 Å². The summed E-state index contributed by atoms with van der Waals surface area (Å²) >= 11 is 0. The van der Waals surface area contributed by atoms with Crippen LogP contribution >= 0.6 is 12.4 Å². The van der Waals surface area contributed by atoms with Crippen molar-refractivity contribution in [1.82, 2.24) is 10.6 Å². The molecule has 2 N–H and O–H groups in total. The smallest absolute Gasteiger partial charge is 0.308 e. The molecule has 144 valence electrons. The molecule has 3 rings (SSSR count). The number of halogens is 1. The largest absolute Gasteiger partial charge is 0.469 e. The molecule has 0 unspecified atom stereocenters. The number of carbonyl (C=O) groups excluding carboxylic acids is 2. The molecule has 1 aromatic rings. The Morgan fingerprint density at radius 3 is 2.19 bits per heavy atom. The van der Waals surface area contributed by atoms with Gasteiger partial charge in [0.25, 0.3) is 5.91 Å². The highest BCUT2D eigenvalue weighted by Gasteiger charge is 2.27. The van der Waals surface area contributed by atoms with Gasteiger partial charge in [-0.15, -0.1) is 12.4 Å². The second-order valence-corrected chi connectivity index (χ2v) is 7.19. The first kappa shape index (κ1) is 20.7. The first-order chi connectivity index (χ1) is 12.2. The van der Waals surface area contributed by atoms with Crippen LogP contribution in [0.1, 0.15) is 60.4 Å². The number of nitrogens with one attached hydrogen (secondary N) is 2. The first-order valence-corrected chi connectivity index (χ1v) is 9.36. The lowest BCUT2D eigenvalue weighted by Crippen LogP contribution is -2.38. The van der Waals surface area contributed by atoms with Gasteiger partial charge in [0, 0.05) is 11.6 Å². The molecule has 0 aromatic heterocycles. The normalized spacial score (nSPS) is 23.6. The van der Waals surface area contributed by atoms with E-state index in [9.17, 15) is 9.59 Å². The molecule has 2 aliphatic rings. The molecule has 2 fully saturated rings. The molecule has 0 spiro atoms. The van der Waals surface area contributed by atoms with Gasteiger partial charge in [0.05, 0.1) is 13.0 Å². The van der Waals surface area contributed by atoms with Gasteiger partial charge in [-0.2, -0.15) is 0 Å². The average molecular weight is 381 g/mol. The Kier molecular flexibility index (Phi) is 7.91. The van der Waals surface area contributed by atoms with E-state index in [0.717, 1.165) is 51.6 Å². The lowest BCUT2D eigenvalue weighted by atomic mass is 9.86. The molecule has 0 atom stereocenters. The van der Waals surface area contributed by atoms with E-state index in [2.05, 4.69) is 22.8 Å². The van der Waals surface area contributed by atoms with Crippen LogP contribution in [0.2, 0.25) is 0 Å². The highest BCUT2D eigenvalue weighted by atomic mass is 35.5. The van der Waals surface area contributed by atoms with Crippen LogP contribution in [0.4, 0.5) is 0 Å². The van der Waals surface area contributed by atoms with Gasteiger partial charge in [-0.25, -0.2) is 0 Å². The summed E-state index contributed by atoms with van der Waals surface area (Å²) in [5, 5.41) is 6.49. The summed E-state index contributed by atoms with van der Waals surface area (Å²) < 4.78 is 4.81. The van der Waals surface area contributed by atoms with Crippen molar-refractivity contribution in [2.24, 2.45) is 5.92 Å².